The summed E-state index contributed by atoms with van der Waals surface area (Å²) in [6, 6.07) is 5.02. The Morgan fingerprint density at radius 2 is 1.69 bits per heavy atom. The van der Waals surface area contributed by atoms with Gasteiger partial charge in [-0.25, -0.2) is 4.79 Å². The molecule has 248 valence electrons. The highest BCUT2D eigenvalue weighted by atomic mass is 16.5. The normalized spacial score (nSPS) is 46.8. The minimum absolute atomic E-state index is 0.00299. The van der Waals surface area contributed by atoms with Gasteiger partial charge >= 0.3 is 5.97 Å². The van der Waals surface area contributed by atoms with E-state index in [-0.39, 0.29) is 50.8 Å². The van der Waals surface area contributed by atoms with Gasteiger partial charge in [0.25, 0.3) is 0 Å². The van der Waals surface area contributed by atoms with Crippen molar-refractivity contribution in [3.05, 3.63) is 42.0 Å². The molecule has 5 nitrogen and oxygen atoms in total. The molecule has 1 aromatic carbocycles. The number of carbonyl (C=O) groups excluding carboxylic acids is 1. The minimum atomic E-state index is -0.793. The van der Waals surface area contributed by atoms with Crippen LogP contribution in [0.15, 0.2) is 36.4 Å². The standard InChI is InChI=1S/C40H58O5/c1-25-14-18-36(5)22-23-39(8)38(7)20-15-30-35(3,4)32(45-33(42)13-11-27-10-12-28(41)29(24-27)44-9)17-19-37(30,6)31(38)16-21-40(39,43)34(36)26(25)2/h10-13,16,21,24-26,30-32,34,41,43H,14-15,17-20,22-23H2,1-9H3/t25-,26+,30-,31+,32+,34+,36-,37+,38-,39-,40+/m1/s1. The zero-order chi connectivity index (χ0) is 32.8. The number of benzene rings is 1. The summed E-state index contributed by atoms with van der Waals surface area (Å²) in [5.41, 5.74) is -0.137. The second kappa shape index (κ2) is 10.6. The zero-order valence-corrected chi connectivity index (χ0v) is 29.3. The Morgan fingerprint density at radius 1 is 0.956 bits per heavy atom. The molecule has 0 spiro atoms. The lowest BCUT2D eigenvalue weighted by molar-refractivity contribution is -0.275. The number of aliphatic hydroxyl groups is 1. The van der Waals surface area contributed by atoms with E-state index in [0.717, 1.165) is 37.7 Å². The van der Waals surface area contributed by atoms with Gasteiger partial charge in [-0.15, -0.1) is 0 Å². The molecule has 0 unspecified atom stereocenters. The van der Waals surface area contributed by atoms with Crippen LogP contribution in [-0.2, 0) is 9.53 Å². The Balaban J connectivity index is 1.26. The van der Waals surface area contributed by atoms with Crippen molar-refractivity contribution in [2.75, 3.05) is 7.11 Å². The molecular formula is C40H58O5. The Bertz CT molecular complexity index is 1390. The average Bonchev–Trinajstić information content (AvgIpc) is 2.97. The third-order valence-electron chi connectivity index (χ3n) is 15.4. The number of fused-ring (bicyclic) bond motifs is 7. The highest BCUT2D eigenvalue weighted by Crippen LogP contribution is 2.76. The third-order valence-corrected chi connectivity index (χ3v) is 15.4. The predicted octanol–water partition coefficient (Wildman–Crippen LogP) is 8.97. The fraction of sp³-hybridized carbons (Fsp3) is 0.725. The van der Waals surface area contributed by atoms with E-state index in [1.807, 2.05) is 0 Å². The van der Waals surface area contributed by atoms with Gasteiger partial charge in [0, 0.05) is 22.8 Å². The number of rotatable bonds is 4. The number of methoxy groups -OCH3 is 1. The molecule has 1 aromatic rings. The van der Waals surface area contributed by atoms with Crippen LogP contribution in [0.5, 0.6) is 11.5 Å². The van der Waals surface area contributed by atoms with Crippen LogP contribution in [0.4, 0.5) is 0 Å². The molecule has 5 heteroatoms. The number of hydrogen-bond acceptors (Lipinski definition) is 5. The molecule has 0 heterocycles. The van der Waals surface area contributed by atoms with Gasteiger partial charge in [-0.2, -0.15) is 0 Å². The maximum atomic E-state index is 13.1. The summed E-state index contributed by atoms with van der Waals surface area (Å²) in [4.78, 5) is 13.1. The number of aromatic hydroxyl groups is 1. The number of ether oxygens (including phenoxy) is 2. The molecule has 45 heavy (non-hydrogen) atoms. The van der Waals surface area contributed by atoms with Crippen molar-refractivity contribution in [2.24, 2.45) is 56.7 Å². The smallest absolute Gasteiger partial charge is 0.331 e. The van der Waals surface area contributed by atoms with Crippen molar-refractivity contribution in [1.29, 1.82) is 0 Å². The van der Waals surface area contributed by atoms with Crippen LogP contribution >= 0.6 is 0 Å². The second-order valence-corrected chi connectivity index (χ2v) is 17.6. The van der Waals surface area contributed by atoms with Crippen molar-refractivity contribution < 1.29 is 24.5 Å². The predicted molar refractivity (Wildman–Crippen MR) is 180 cm³/mol. The quantitative estimate of drug-likeness (QED) is 0.200. The molecule has 5 aliphatic carbocycles. The fourth-order valence-electron chi connectivity index (χ4n) is 12.4. The van der Waals surface area contributed by atoms with E-state index in [1.165, 1.54) is 32.4 Å². The summed E-state index contributed by atoms with van der Waals surface area (Å²) < 4.78 is 11.4. The van der Waals surface area contributed by atoms with Crippen molar-refractivity contribution in [3.8, 4) is 11.5 Å². The monoisotopic (exact) mass is 618 g/mol. The van der Waals surface area contributed by atoms with Crippen molar-refractivity contribution in [3.63, 3.8) is 0 Å². The average molecular weight is 619 g/mol. The lowest BCUT2D eigenvalue weighted by atomic mass is 9.31. The third kappa shape index (κ3) is 4.52. The van der Waals surface area contributed by atoms with Gasteiger partial charge in [0.1, 0.15) is 6.10 Å². The van der Waals surface area contributed by atoms with Crippen molar-refractivity contribution >= 4 is 12.0 Å². The number of esters is 1. The summed E-state index contributed by atoms with van der Waals surface area (Å²) in [7, 11) is 1.51. The van der Waals surface area contributed by atoms with Crippen molar-refractivity contribution in [2.45, 2.75) is 118 Å². The minimum Gasteiger partial charge on any atom is -0.504 e. The Hall–Kier alpha value is -2.27. The molecule has 5 aliphatic rings. The molecule has 6 rings (SSSR count). The van der Waals surface area contributed by atoms with Gasteiger partial charge in [-0.1, -0.05) is 73.6 Å². The van der Waals surface area contributed by atoms with Crippen LogP contribution in [0.3, 0.4) is 0 Å². The first-order valence-corrected chi connectivity index (χ1v) is 17.6. The Kier molecular flexibility index (Phi) is 7.71. The summed E-state index contributed by atoms with van der Waals surface area (Å²) in [6.45, 7) is 19.4. The molecule has 0 radical (unpaired) electrons. The van der Waals surface area contributed by atoms with Gasteiger partial charge < -0.3 is 19.7 Å². The SMILES string of the molecule is COc1cc(C=CC(=O)O[C@H]2CC[C@@]3(C)[C@H](CC[C@]4(C)[C@H]3C=C[C@]3(O)[C@H]5[C@@H](C)[C@H](C)CC[C@]5(C)CC[C@@]34C)C2(C)C)ccc1O. The first kappa shape index (κ1) is 32.7. The zero-order valence-electron chi connectivity index (χ0n) is 29.3. The number of allylic oxidation sites excluding steroid dienone is 1. The molecule has 4 fully saturated rings. The Morgan fingerprint density at radius 3 is 2.40 bits per heavy atom. The summed E-state index contributed by atoms with van der Waals surface area (Å²) in [5.74, 6) is 2.31. The van der Waals surface area contributed by atoms with E-state index in [2.05, 4.69) is 67.5 Å². The van der Waals surface area contributed by atoms with Crippen LogP contribution in [0.25, 0.3) is 6.08 Å². The molecule has 11 atom stereocenters. The largest absolute Gasteiger partial charge is 0.504 e. The van der Waals surface area contributed by atoms with E-state index >= 15 is 0 Å². The lowest BCUT2D eigenvalue weighted by Crippen LogP contribution is -2.72. The molecule has 0 bridgehead atoms. The van der Waals surface area contributed by atoms with Crippen LogP contribution in [0.2, 0.25) is 0 Å². The highest BCUT2D eigenvalue weighted by Gasteiger charge is 2.73. The summed E-state index contributed by atoms with van der Waals surface area (Å²) in [6.07, 6.45) is 16.6. The summed E-state index contributed by atoms with van der Waals surface area (Å²) >= 11 is 0. The van der Waals surface area contributed by atoms with Crippen LogP contribution in [0.1, 0.15) is 112 Å². The fourth-order valence-corrected chi connectivity index (χ4v) is 12.4. The number of carbonyl (C=O) groups is 1. The first-order valence-electron chi connectivity index (χ1n) is 17.6. The maximum absolute atomic E-state index is 13.1. The highest BCUT2D eigenvalue weighted by molar-refractivity contribution is 5.87. The molecule has 4 saturated carbocycles. The van der Waals surface area contributed by atoms with Crippen LogP contribution in [0, 0.1) is 56.7 Å². The van der Waals surface area contributed by atoms with E-state index in [1.54, 1.807) is 24.3 Å². The Labute approximate surface area is 271 Å². The number of phenols is 1. The van der Waals surface area contributed by atoms with Gasteiger partial charge in [0.15, 0.2) is 11.5 Å². The number of hydrogen-bond donors (Lipinski definition) is 2. The molecule has 0 saturated heterocycles. The maximum Gasteiger partial charge on any atom is 0.331 e. The van der Waals surface area contributed by atoms with Crippen LogP contribution in [-0.4, -0.2) is 35.0 Å². The first-order chi connectivity index (χ1) is 21.0. The summed E-state index contributed by atoms with van der Waals surface area (Å²) in [5, 5.41) is 22.9. The molecule has 2 N–H and O–H groups in total. The van der Waals surface area contributed by atoms with Gasteiger partial charge in [0.05, 0.1) is 12.7 Å². The molecular weight excluding hydrogens is 560 g/mol. The van der Waals surface area contributed by atoms with Gasteiger partial charge in [-0.3, -0.25) is 0 Å². The van der Waals surface area contributed by atoms with Gasteiger partial charge in [-0.05, 0) is 115 Å². The second-order valence-electron chi connectivity index (χ2n) is 17.6. The lowest BCUT2D eigenvalue weighted by Gasteiger charge is -2.74. The van der Waals surface area contributed by atoms with E-state index in [9.17, 15) is 15.0 Å². The van der Waals surface area contributed by atoms with E-state index in [0.29, 0.717) is 29.4 Å². The van der Waals surface area contributed by atoms with E-state index in [4.69, 9.17) is 9.47 Å². The molecule has 0 aromatic heterocycles. The molecule has 0 aliphatic heterocycles. The van der Waals surface area contributed by atoms with Crippen LogP contribution < -0.4 is 4.74 Å². The van der Waals surface area contributed by atoms with E-state index < -0.39 is 5.60 Å². The topological polar surface area (TPSA) is 76.0 Å². The van der Waals surface area contributed by atoms with Crippen molar-refractivity contribution in [1.82, 2.24) is 0 Å². The number of phenolic OH excluding ortho intramolecular Hbond substituents is 1. The van der Waals surface area contributed by atoms with Gasteiger partial charge in [0.2, 0.25) is 0 Å². The molecule has 0 amide bonds.